The second-order valence-electron chi connectivity index (χ2n) is 2.03. The first-order valence-corrected chi connectivity index (χ1v) is 3.14. The summed E-state index contributed by atoms with van der Waals surface area (Å²) in [6.45, 7) is -1.69. The molecule has 13 heavy (non-hydrogen) atoms. The third kappa shape index (κ3) is 7.10. The van der Waals surface area contributed by atoms with E-state index in [0.29, 0.717) is 0 Å². The number of carbonyl (C=O) groups excluding carboxylic acids is 2. The quantitative estimate of drug-likeness (QED) is 0.496. The molecule has 0 aromatic heterocycles. The Kier molecular flexibility index (Phi) is 4.22. The van der Waals surface area contributed by atoms with Crippen LogP contribution < -0.4 is 0 Å². The lowest BCUT2D eigenvalue weighted by atomic mass is 10.4. The summed E-state index contributed by atoms with van der Waals surface area (Å²) in [5.74, 6) is -2.20. The van der Waals surface area contributed by atoms with Crippen molar-refractivity contribution < 1.29 is 32.2 Å². The van der Waals surface area contributed by atoms with Gasteiger partial charge in [0.1, 0.15) is 6.42 Å². The van der Waals surface area contributed by atoms with Crippen LogP contribution in [0.2, 0.25) is 0 Å². The topological polar surface area (TPSA) is 52.6 Å². The molecule has 0 amide bonds. The third-order valence-corrected chi connectivity index (χ3v) is 0.913. The van der Waals surface area contributed by atoms with E-state index >= 15 is 0 Å². The second kappa shape index (κ2) is 4.68. The first-order valence-electron chi connectivity index (χ1n) is 3.14. The van der Waals surface area contributed by atoms with Crippen LogP contribution in [0.4, 0.5) is 13.2 Å². The number of rotatable bonds is 3. The summed E-state index contributed by atoms with van der Waals surface area (Å²) in [6.07, 6.45) is -5.39. The van der Waals surface area contributed by atoms with Gasteiger partial charge >= 0.3 is 18.1 Å². The van der Waals surface area contributed by atoms with Crippen LogP contribution in [0.15, 0.2) is 0 Å². The van der Waals surface area contributed by atoms with Gasteiger partial charge in [-0.2, -0.15) is 13.2 Å². The minimum atomic E-state index is -4.58. The van der Waals surface area contributed by atoms with Gasteiger partial charge in [0.15, 0.2) is 6.61 Å². The number of alkyl halides is 3. The Morgan fingerprint density at radius 1 is 1.23 bits per heavy atom. The van der Waals surface area contributed by atoms with Gasteiger partial charge in [-0.3, -0.25) is 9.59 Å². The maximum absolute atomic E-state index is 11.4. The number of ether oxygens (including phenoxy) is 2. The highest BCUT2D eigenvalue weighted by molar-refractivity contribution is 5.91. The minimum absolute atomic E-state index is 0.813. The SMILES string of the molecule is COC(=O)CC(=O)OCC(F)(F)F. The molecule has 76 valence electrons. The summed E-state index contributed by atoms with van der Waals surface area (Å²) in [6, 6.07) is 0. The lowest BCUT2D eigenvalue weighted by Crippen LogP contribution is -2.22. The molecule has 0 spiro atoms. The molecule has 0 aliphatic rings. The molecule has 0 aromatic rings. The average molecular weight is 200 g/mol. The van der Waals surface area contributed by atoms with Crippen molar-refractivity contribution in [2.75, 3.05) is 13.7 Å². The molecule has 0 aromatic carbocycles. The van der Waals surface area contributed by atoms with E-state index in [1.807, 2.05) is 0 Å². The Labute approximate surface area is 71.6 Å². The van der Waals surface area contributed by atoms with E-state index in [9.17, 15) is 22.8 Å². The van der Waals surface area contributed by atoms with Gasteiger partial charge in [0.05, 0.1) is 7.11 Å². The Hall–Kier alpha value is -1.27. The summed E-state index contributed by atoms with van der Waals surface area (Å²) >= 11 is 0. The smallest absolute Gasteiger partial charge is 0.422 e. The molecule has 0 saturated heterocycles. The van der Waals surface area contributed by atoms with E-state index in [4.69, 9.17) is 0 Å². The van der Waals surface area contributed by atoms with Crippen LogP contribution in [0.25, 0.3) is 0 Å². The van der Waals surface area contributed by atoms with E-state index in [2.05, 4.69) is 9.47 Å². The van der Waals surface area contributed by atoms with Crippen LogP contribution >= 0.6 is 0 Å². The maximum atomic E-state index is 11.4. The molecule has 7 heteroatoms. The molecular formula is C6H7F3O4. The molecule has 0 fully saturated rings. The number of methoxy groups -OCH3 is 1. The third-order valence-electron chi connectivity index (χ3n) is 0.913. The Bertz CT molecular complexity index is 199. The van der Waals surface area contributed by atoms with E-state index < -0.39 is 31.1 Å². The fourth-order valence-electron chi connectivity index (χ4n) is 0.403. The molecule has 0 atom stereocenters. The second-order valence-corrected chi connectivity index (χ2v) is 2.03. The van der Waals surface area contributed by atoms with Crippen molar-refractivity contribution >= 4 is 11.9 Å². The summed E-state index contributed by atoms with van der Waals surface area (Å²) in [5.41, 5.74) is 0. The number of carbonyl (C=O) groups is 2. The number of hydrogen-bond donors (Lipinski definition) is 0. The highest BCUT2D eigenvalue weighted by atomic mass is 19.4. The number of esters is 2. The van der Waals surface area contributed by atoms with Crippen LogP contribution in [0.1, 0.15) is 6.42 Å². The Balaban J connectivity index is 3.70. The molecule has 0 aliphatic carbocycles. The minimum Gasteiger partial charge on any atom is -0.469 e. The molecule has 0 radical (unpaired) electrons. The van der Waals surface area contributed by atoms with E-state index in [1.54, 1.807) is 0 Å². The standard InChI is InChI=1S/C6H7F3O4/c1-12-4(10)2-5(11)13-3-6(7,8)9/h2-3H2,1H3. The largest absolute Gasteiger partial charge is 0.469 e. The summed E-state index contributed by atoms with van der Waals surface area (Å²) in [4.78, 5) is 20.8. The molecule has 0 saturated carbocycles. The average Bonchev–Trinajstić information content (AvgIpc) is 1.99. The van der Waals surface area contributed by atoms with Crippen molar-refractivity contribution in [1.82, 2.24) is 0 Å². The van der Waals surface area contributed by atoms with Crippen molar-refractivity contribution in [1.29, 1.82) is 0 Å². The lowest BCUT2D eigenvalue weighted by Gasteiger charge is -2.06. The molecule has 4 nitrogen and oxygen atoms in total. The monoisotopic (exact) mass is 200 g/mol. The zero-order valence-corrected chi connectivity index (χ0v) is 6.68. The highest BCUT2D eigenvalue weighted by Crippen LogP contribution is 2.14. The predicted molar refractivity (Wildman–Crippen MR) is 33.6 cm³/mol. The zero-order chi connectivity index (χ0) is 10.5. The van der Waals surface area contributed by atoms with Crippen LogP contribution in [0.3, 0.4) is 0 Å². The first kappa shape index (κ1) is 11.7. The molecule has 0 unspecified atom stereocenters. The van der Waals surface area contributed by atoms with Crippen LogP contribution in [-0.4, -0.2) is 31.8 Å². The zero-order valence-electron chi connectivity index (χ0n) is 6.68. The summed E-state index contributed by atoms with van der Waals surface area (Å²) < 4.78 is 42.1. The van der Waals surface area contributed by atoms with Gasteiger partial charge in [0.2, 0.25) is 0 Å². The fraction of sp³-hybridized carbons (Fsp3) is 0.667. The van der Waals surface area contributed by atoms with Crippen LogP contribution in [-0.2, 0) is 19.1 Å². The molecule has 0 aliphatic heterocycles. The van der Waals surface area contributed by atoms with E-state index in [1.165, 1.54) is 0 Å². The molecule has 0 rings (SSSR count). The molecular weight excluding hydrogens is 193 g/mol. The number of halogens is 3. The Morgan fingerprint density at radius 3 is 2.15 bits per heavy atom. The van der Waals surface area contributed by atoms with Gasteiger partial charge in [0.25, 0.3) is 0 Å². The van der Waals surface area contributed by atoms with Gasteiger partial charge < -0.3 is 9.47 Å². The summed E-state index contributed by atoms with van der Waals surface area (Å²) in [7, 11) is 1.01. The lowest BCUT2D eigenvalue weighted by molar-refractivity contribution is -0.187. The van der Waals surface area contributed by atoms with Gasteiger partial charge in [-0.25, -0.2) is 0 Å². The van der Waals surface area contributed by atoms with Crippen LogP contribution in [0.5, 0.6) is 0 Å². The van der Waals surface area contributed by atoms with Crippen molar-refractivity contribution in [2.45, 2.75) is 12.6 Å². The van der Waals surface area contributed by atoms with Crippen molar-refractivity contribution in [2.24, 2.45) is 0 Å². The van der Waals surface area contributed by atoms with Gasteiger partial charge in [0, 0.05) is 0 Å². The van der Waals surface area contributed by atoms with Gasteiger partial charge in [-0.15, -0.1) is 0 Å². The Morgan fingerprint density at radius 2 is 1.77 bits per heavy atom. The van der Waals surface area contributed by atoms with Crippen molar-refractivity contribution in [3.63, 3.8) is 0 Å². The maximum Gasteiger partial charge on any atom is 0.422 e. The molecule has 0 bridgehead atoms. The predicted octanol–water partition coefficient (Wildman–Crippen LogP) is 0.655. The highest BCUT2D eigenvalue weighted by Gasteiger charge is 2.29. The fourth-order valence-corrected chi connectivity index (χ4v) is 0.403. The normalized spacial score (nSPS) is 10.8. The first-order chi connectivity index (χ1) is 5.85. The van der Waals surface area contributed by atoms with Gasteiger partial charge in [-0.05, 0) is 0 Å². The summed E-state index contributed by atoms with van der Waals surface area (Å²) in [5, 5.41) is 0. The van der Waals surface area contributed by atoms with Gasteiger partial charge in [-0.1, -0.05) is 0 Å². The number of hydrogen-bond acceptors (Lipinski definition) is 4. The van der Waals surface area contributed by atoms with E-state index in [0.717, 1.165) is 7.11 Å². The van der Waals surface area contributed by atoms with E-state index in [-0.39, 0.29) is 0 Å². The van der Waals surface area contributed by atoms with Crippen LogP contribution in [0, 0.1) is 0 Å². The molecule has 0 heterocycles. The van der Waals surface area contributed by atoms with Crippen molar-refractivity contribution in [3.8, 4) is 0 Å². The van der Waals surface area contributed by atoms with Crippen molar-refractivity contribution in [3.05, 3.63) is 0 Å². The molecule has 0 N–H and O–H groups in total.